The van der Waals surface area contributed by atoms with E-state index in [1.807, 2.05) is 0 Å². The van der Waals surface area contributed by atoms with Crippen molar-refractivity contribution < 1.29 is 0 Å². The van der Waals surface area contributed by atoms with Crippen LogP contribution < -0.4 is 0 Å². The Bertz CT molecular complexity index is 318. The van der Waals surface area contributed by atoms with Gasteiger partial charge in [-0.15, -0.1) is 21.8 Å². The molecule has 15 heavy (non-hydrogen) atoms. The molecule has 1 aromatic rings. The van der Waals surface area contributed by atoms with Gasteiger partial charge in [0.25, 0.3) is 0 Å². The molecule has 1 aromatic heterocycles. The maximum absolute atomic E-state index is 5.86. The third-order valence-corrected chi connectivity index (χ3v) is 3.11. The third kappa shape index (κ3) is 2.51. The summed E-state index contributed by atoms with van der Waals surface area (Å²) >= 11 is 5.86. The van der Waals surface area contributed by atoms with Crippen molar-refractivity contribution in [1.29, 1.82) is 0 Å². The van der Waals surface area contributed by atoms with Crippen LogP contribution in [0.25, 0.3) is 0 Å². The van der Waals surface area contributed by atoms with Crippen LogP contribution in [0.5, 0.6) is 0 Å². The second-order valence-corrected chi connectivity index (χ2v) is 4.49. The molecule has 2 rings (SSSR count). The fourth-order valence-electron chi connectivity index (χ4n) is 1.91. The number of nitrogens with zero attached hydrogens (tertiary/aromatic N) is 3. The molecule has 0 unspecified atom stereocenters. The number of hydrogen-bond donors (Lipinski definition) is 0. The van der Waals surface area contributed by atoms with Crippen molar-refractivity contribution in [3.05, 3.63) is 11.6 Å². The van der Waals surface area contributed by atoms with Crippen LogP contribution in [0.1, 0.15) is 56.7 Å². The van der Waals surface area contributed by atoms with Crippen LogP contribution in [0, 0.1) is 0 Å². The highest BCUT2D eigenvalue weighted by atomic mass is 35.5. The van der Waals surface area contributed by atoms with Crippen molar-refractivity contribution in [3.8, 4) is 0 Å². The highest BCUT2D eigenvalue weighted by Gasteiger charge is 2.28. The zero-order chi connectivity index (χ0) is 10.7. The van der Waals surface area contributed by atoms with Crippen LogP contribution in [0.15, 0.2) is 0 Å². The molecule has 0 atom stereocenters. The molecule has 0 saturated heterocycles. The number of halogens is 1. The topological polar surface area (TPSA) is 30.7 Å². The Morgan fingerprint density at radius 3 is 2.60 bits per heavy atom. The van der Waals surface area contributed by atoms with Gasteiger partial charge in [-0.2, -0.15) is 0 Å². The standard InChI is InChI=1S/C11H18ClN3/c1-2-3-4-5-10-13-14-11(8-12)15(10)9-6-7-9/h9H,2-8H2,1H3. The normalized spacial score (nSPS) is 15.9. The van der Waals surface area contributed by atoms with E-state index in [0.29, 0.717) is 11.9 Å². The molecular weight excluding hydrogens is 210 g/mol. The van der Waals surface area contributed by atoms with E-state index in [9.17, 15) is 0 Å². The molecule has 84 valence electrons. The van der Waals surface area contributed by atoms with Crippen LogP contribution >= 0.6 is 11.6 Å². The van der Waals surface area contributed by atoms with Gasteiger partial charge in [0, 0.05) is 12.5 Å². The average molecular weight is 228 g/mol. The fourth-order valence-corrected chi connectivity index (χ4v) is 2.09. The van der Waals surface area contributed by atoms with Crippen LogP contribution in [0.2, 0.25) is 0 Å². The molecule has 3 nitrogen and oxygen atoms in total. The van der Waals surface area contributed by atoms with Gasteiger partial charge in [0.1, 0.15) is 11.6 Å². The molecule has 0 amide bonds. The van der Waals surface area contributed by atoms with Gasteiger partial charge >= 0.3 is 0 Å². The summed E-state index contributed by atoms with van der Waals surface area (Å²) in [6, 6.07) is 0.644. The summed E-state index contributed by atoms with van der Waals surface area (Å²) in [6.45, 7) is 2.22. The molecule has 0 N–H and O–H groups in total. The molecule has 1 saturated carbocycles. The monoisotopic (exact) mass is 227 g/mol. The van der Waals surface area contributed by atoms with E-state index >= 15 is 0 Å². The fraction of sp³-hybridized carbons (Fsp3) is 0.818. The summed E-state index contributed by atoms with van der Waals surface area (Å²) in [5, 5.41) is 8.40. The quantitative estimate of drug-likeness (QED) is 0.552. The lowest BCUT2D eigenvalue weighted by Gasteiger charge is -2.06. The largest absolute Gasteiger partial charge is 0.311 e. The number of aryl methyl sites for hydroxylation is 1. The van der Waals surface area contributed by atoms with Gasteiger partial charge < -0.3 is 4.57 Å². The van der Waals surface area contributed by atoms with Crippen LogP contribution in [0.4, 0.5) is 0 Å². The minimum Gasteiger partial charge on any atom is -0.311 e. The van der Waals surface area contributed by atoms with Crippen LogP contribution in [-0.2, 0) is 12.3 Å². The zero-order valence-electron chi connectivity index (χ0n) is 9.25. The van der Waals surface area contributed by atoms with Gasteiger partial charge in [-0.25, -0.2) is 0 Å². The molecule has 1 aliphatic carbocycles. The number of unbranched alkanes of at least 4 members (excludes halogenated alkanes) is 2. The first-order chi connectivity index (χ1) is 7.36. The van der Waals surface area contributed by atoms with Crippen molar-refractivity contribution in [3.63, 3.8) is 0 Å². The minimum atomic E-state index is 0.483. The van der Waals surface area contributed by atoms with E-state index in [2.05, 4.69) is 21.7 Å². The smallest absolute Gasteiger partial charge is 0.148 e. The zero-order valence-corrected chi connectivity index (χ0v) is 10.0. The average Bonchev–Trinajstić information content (AvgIpc) is 3.00. The lowest BCUT2D eigenvalue weighted by Crippen LogP contribution is -2.05. The summed E-state index contributed by atoms with van der Waals surface area (Å²) in [5.74, 6) is 2.57. The number of alkyl halides is 1. The summed E-state index contributed by atoms with van der Waals surface area (Å²) in [7, 11) is 0. The Labute approximate surface area is 95.8 Å². The van der Waals surface area contributed by atoms with Gasteiger partial charge in [-0.1, -0.05) is 19.8 Å². The highest BCUT2D eigenvalue weighted by molar-refractivity contribution is 6.16. The van der Waals surface area contributed by atoms with Gasteiger partial charge in [0.05, 0.1) is 5.88 Å². The number of rotatable bonds is 6. The van der Waals surface area contributed by atoms with E-state index in [0.717, 1.165) is 18.1 Å². The molecule has 0 radical (unpaired) electrons. The lowest BCUT2D eigenvalue weighted by atomic mass is 10.2. The third-order valence-electron chi connectivity index (χ3n) is 2.87. The van der Waals surface area contributed by atoms with E-state index < -0.39 is 0 Å². The Balaban J connectivity index is 2.05. The predicted molar refractivity (Wildman–Crippen MR) is 61.1 cm³/mol. The van der Waals surface area contributed by atoms with Crippen molar-refractivity contribution in [1.82, 2.24) is 14.8 Å². The Hall–Kier alpha value is -0.570. The second-order valence-electron chi connectivity index (χ2n) is 4.22. The van der Waals surface area contributed by atoms with Crippen molar-refractivity contribution >= 4 is 11.6 Å². The van der Waals surface area contributed by atoms with Crippen molar-refractivity contribution in [2.24, 2.45) is 0 Å². The molecule has 0 bridgehead atoms. The van der Waals surface area contributed by atoms with Crippen molar-refractivity contribution in [2.45, 2.75) is 57.4 Å². The van der Waals surface area contributed by atoms with Gasteiger partial charge in [-0.3, -0.25) is 0 Å². The maximum Gasteiger partial charge on any atom is 0.148 e. The molecule has 0 aromatic carbocycles. The first kappa shape index (κ1) is 10.9. The second kappa shape index (κ2) is 4.97. The van der Waals surface area contributed by atoms with Crippen molar-refractivity contribution in [2.75, 3.05) is 0 Å². The molecule has 0 spiro atoms. The lowest BCUT2D eigenvalue weighted by molar-refractivity contribution is 0.621. The van der Waals surface area contributed by atoms with Crippen LogP contribution in [0.3, 0.4) is 0 Å². The molecule has 1 aliphatic rings. The molecule has 1 fully saturated rings. The summed E-state index contributed by atoms with van der Waals surface area (Å²) in [6.07, 6.45) is 7.32. The molecular formula is C11H18ClN3. The highest BCUT2D eigenvalue weighted by Crippen LogP contribution is 2.37. The number of aromatic nitrogens is 3. The van der Waals surface area contributed by atoms with E-state index in [-0.39, 0.29) is 0 Å². The first-order valence-electron chi connectivity index (χ1n) is 5.85. The van der Waals surface area contributed by atoms with Gasteiger partial charge in [-0.05, 0) is 19.3 Å². The van der Waals surface area contributed by atoms with Crippen LogP contribution in [-0.4, -0.2) is 14.8 Å². The Morgan fingerprint density at radius 2 is 2.00 bits per heavy atom. The SMILES string of the molecule is CCCCCc1nnc(CCl)n1C1CC1. The summed E-state index contributed by atoms with van der Waals surface area (Å²) < 4.78 is 2.27. The van der Waals surface area contributed by atoms with Gasteiger partial charge in [0.15, 0.2) is 0 Å². The van der Waals surface area contributed by atoms with Gasteiger partial charge in [0.2, 0.25) is 0 Å². The predicted octanol–water partition coefficient (Wildman–Crippen LogP) is 3.08. The van der Waals surface area contributed by atoms with E-state index in [1.165, 1.54) is 32.1 Å². The van der Waals surface area contributed by atoms with E-state index in [4.69, 9.17) is 11.6 Å². The first-order valence-corrected chi connectivity index (χ1v) is 6.39. The Morgan fingerprint density at radius 1 is 1.27 bits per heavy atom. The number of hydrogen-bond acceptors (Lipinski definition) is 2. The van der Waals surface area contributed by atoms with E-state index in [1.54, 1.807) is 0 Å². The maximum atomic E-state index is 5.86. The molecule has 1 heterocycles. The molecule has 4 heteroatoms. The summed E-state index contributed by atoms with van der Waals surface area (Å²) in [5.41, 5.74) is 0. The Kier molecular flexibility index (Phi) is 3.62. The summed E-state index contributed by atoms with van der Waals surface area (Å²) in [4.78, 5) is 0. The molecule has 0 aliphatic heterocycles. The minimum absolute atomic E-state index is 0.483.